The molecule has 1 aliphatic heterocycles. The topological polar surface area (TPSA) is 133 Å². The minimum Gasteiger partial charge on any atom is -0.356 e. The first kappa shape index (κ1) is 22.9. The van der Waals surface area contributed by atoms with E-state index in [9.17, 15) is 19.2 Å². The van der Waals surface area contributed by atoms with Crippen LogP contribution >= 0.6 is 0 Å². The zero-order valence-electron chi connectivity index (χ0n) is 18.6. The fourth-order valence-corrected chi connectivity index (χ4v) is 4.88. The first-order valence-electron chi connectivity index (χ1n) is 11.8. The Morgan fingerprint density at radius 2 is 1.88 bits per heavy atom. The van der Waals surface area contributed by atoms with Gasteiger partial charge in [-0.1, -0.05) is 44.2 Å². The Balaban J connectivity index is 1.45. The third-order valence-corrected chi connectivity index (χ3v) is 6.71. The van der Waals surface area contributed by atoms with E-state index in [1.807, 2.05) is 24.3 Å². The number of imidazole rings is 1. The van der Waals surface area contributed by atoms with E-state index < -0.39 is 23.9 Å². The summed E-state index contributed by atoms with van der Waals surface area (Å²) in [5.74, 6) is -0.760. The second-order valence-electron chi connectivity index (χ2n) is 9.13. The van der Waals surface area contributed by atoms with Crippen LogP contribution in [0, 0.1) is 11.8 Å². The lowest BCUT2D eigenvalue weighted by molar-refractivity contribution is -0.127. The van der Waals surface area contributed by atoms with Gasteiger partial charge in [0.05, 0.1) is 17.1 Å². The van der Waals surface area contributed by atoms with E-state index >= 15 is 0 Å². The molecule has 176 valence electrons. The van der Waals surface area contributed by atoms with Crippen LogP contribution in [0.1, 0.15) is 62.0 Å². The number of para-hydroxylation sites is 2. The number of benzene rings is 1. The predicted octanol–water partition coefficient (Wildman–Crippen LogP) is 1.84. The van der Waals surface area contributed by atoms with Crippen molar-refractivity contribution in [1.82, 2.24) is 25.9 Å². The molecule has 0 bridgehead atoms. The molecule has 9 nitrogen and oxygen atoms in total. The zero-order valence-corrected chi connectivity index (χ0v) is 18.6. The zero-order chi connectivity index (χ0) is 23.2. The van der Waals surface area contributed by atoms with Gasteiger partial charge in [0.15, 0.2) is 5.82 Å². The number of rotatable bonds is 9. The molecule has 1 saturated heterocycles. The normalized spacial score (nSPS) is 20.7. The van der Waals surface area contributed by atoms with E-state index in [2.05, 4.69) is 25.9 Å². The third-order valence-electron chi connectivity index (χ3n) is 6.71. The number of hydrogen-bond acceptors (Lipinski definition) is 5. The van der Waals surface area contributed by atoms with Gasteiger partial charge in [-0.05, 0) is 37.3 Å². The average Bonchev–Trinajstić information content (AvgIpc) is 3.44. The lowest BCUT2D eigenvalue weighted by atomic mass is 9.84. The molecule has 1 aromatic carbocycles. The van der Waals surface area contributed by atoms with Gasteiger partial charge in [-0.25, -0.2) is 4.98 Å². The molecular weight excluding hydrogens is 422 g/mol. The van der Waals surface area contributed by atoms with Crippen molar-refractivity contribution in [2.24, 2.45) is 11.8 Å². The standard InChI is InChI=1S/C24H31N5O4/c30-14-17(13-16-10-11-25-22(16)31)26-23(32)20(12-15-6-2-1-3-7-15)29-24(33)21-27-18-8-4-5-9-19(18)28-21/h4-5,8-9,14-17,20H,1-3,6-7,10-13H2,(H,25,31)(H,26,32)(H,27,28)(H,29,33)/t16-,17-,20-/m0/s1. The van der Waals surface area contributed by atoms with Crippen LogP contribution in [0.4, 0.5) is 0 Å². The average molecular weight is 454 g/mol. The quantitative estimate of drug-likeness (QED) is 0.430. The lowest BCUT2D eigenvalue weighted by Crippen LogP contribution is -2.51. The Hall–Kier alpha value is -3.23. The van der Waals surface area contributed by atoms with Crippen LogP contribution in [0.5, 0.6) is 0 Å². The maximum atomic E-state index is 13.2. The summed E-state index contributed by atoms with van der Waals surface area (Å²) >= 11 is 0. The highest BCUT2D eigenvalue weighted by Crippen LogP contribution is 2.27. The number of fused-ring (bicyclic) bond motifs is 1. The highest BCUT2D eigenvalue weighted by Gasteiger charge is 2.31. The van der Waals surface area contributed by atoms with E-state index in [1.165, 1.54) is 6.42 Å². The number of aromatic amines is 1. The van der Waals surface area contributed by atoms with Gasteiger partial charge in [0, 0.05) is 12.5 Å². The minimum atomic E-state index is -0.784. The molecule has 9 heteroatoms. The van der Waals surface area contributed by atoms with Crippen molar-refractivity contribution < 1.29 is 19.2 Å². The van der Waals surface area contributed by atoms with Crippen LogP contribution in [0.15, 0.2) is 24.3 Å². The van der Waals surface area contributed by atoms with Gasteiger partial charge in [0.1, 0.15) is 12.3 Å². The predicted molar refractivity (Wildman–Crippen MR) is 122 cm³/mol. The third kappa shape index (κ3) is 5.77. The van der Waals surface area contributed by atoms with E-state index in [-0.39, 0.29) is 24.1 Å². The molecule has 3 amide bonds. The van der Waals surface area contributed by atoms with Gasteiger partial charge in [0.25, 0.3) is 5.91 Å². The van der Waals surface area contributed by atoms with Gasteiger partial charge in [0.2, 0.25) is 11.8 Å². The number of aromatic nitrogens is 2. The van der Waals surface area contributed by atoms with Crippen molar-refractivity contribution >= 4 is 35.0 Å². The first-order valence-corrected chi connectivity index (χ1v) is 11.8. The Labute approximate surface area is 192 Å². The summed E-state index contributed by atoms with van der Waals surface area (Å²) in [6, 6.07) is 5.78. The van der Waals surface area contributed by atoms with Gasteiger partial charge < -0.3 is 25.7 Å². The fraction of sp³-hybridized carbons (Fsp3) is 0.542. The van der Waals surface area contributed by atoms with Crippen molar-refractivity contribution in [2.45, 2.75) is 63.5 Å². The molecule has 1 aliphatic carbocycles. The number of nitrogens with zero attached hydrogens (tertiary/aromatic N) is 1. The summed E-state index contributed by atoms with van der Waals surface area (Å²) in [5, 5.41) is 8.34. The van der Waals surface area contributed by atoms with E-state index in [1.54, 1.807) is 0 Å². The molecular formula is C24H31N5O4. The number of amides is 3. The van der Waals surface area contributed by atoms with Crippen LogP contribution in [0.3, 0.4) is 0 Å². The molecule has 1 aromatic heterocycles. The van der Waals surface area contributed by atoms with Crippen LogP contribution < -0.4 is 16.0 Å². The molecule has 0 unspecified atom stereocenters. The van der Waals surface area contributed by atoms with Gasteiger partial charge in [-0.15, -0.1) is 0 Å². The number of H-pyrrole nitrogens is 1. The Morgan fingerprint density at radius 3 is 2.58 bits per heavy atom. The molecule has 2 heterocycles. The molecule has 0 radical (unpaired) electrons. The number of carbonyl (C=O) groups excluding carboxylic acids is 4. The summed E-state index contributed by atoms with van der Waals surface area (Å²) in [5.41, 5.74) is 1.42. The molecule has 1 saturated carbocycles. The maximum absolute atomic E-state index is 13.2. The molecule has 3 atom stereocenters. The molecule has 0 spiro atoms. The van der Waals surface area contributed by atoms with E-state index in [0.717, 1.165) is 31.2 Å². The summed E-state index contributed by atoms with van der Waals surface area (Å²) < 4.78 is 0. The second-order valence-corrected chi connectivity index (χ2v) is 9.13. The summed E-state index contributed by atoms with van der Waals surface area (Å²) in [4.78, 5) is 56.9. The van der Waals surface area contributed by atoms with Crippen LogP contribution in [-0.4, -0.2) is 52.6 Å². The van der Waals surface area contributed by atoms with Crippen molar-refractivity contribution in [3.8, 4) is 0 Å². The van der Waals surface area contributed by atoms with Crippen molar-refractivity contribution in [2.75, 3.05) is 6.54 Å². The van der Waals surface area contributed by atoms with Crippen molar-refractivity contribution in [3.63, 3.8) is 0 Å². The highest BCUT2D eigenvalue weighted by molar-refractivity contribution is 5.97. The lowest BCUT2D eigenvalue weighted by Gasteiger charge is -2.27. The Bertz CT molecular complexity index is 980. The highest BCUT2D eigenvalue weighted by atomic mass is 16.2. The minimum absolute atomic E-state index is 0.0898. The molecule has 4 rings (SSSR count). The second kappa shape index (κ2) is 10.6. The van der Waals surface area contributed by atoms with Gasteiger partial charge in [-0.2, -0.15) is 0 Å². The number of aldehydes is 1. The SMILES string of the molecule is O=C[C@H](C[C@@H]1CCNC1=O)NC(=O)[C@H](CC1CCCCC1)NC(=O)c1nc2ccccc2[nH]1. The fourth-order valence-electron chi connectivity index (χ4n) is 4.88. The molecule has 4 N–H and O–H groups in total. The summed E-state index contributed by atoms with van der Waals surface area (Å²) in [7, 11) is 0. The van der Waals surface area contributed by atoms with E-state index in [4.69, 9.17) is 0 Å². The van der Waals surface area contributed by atoms with Gasteiger partial charge in [-0.3, -0.25) is 14.4 Å². The number of hydrogen-bond donors (Lipinski definition) is 4. The molecule has 2 aliphatic rings. The van der Waals surface area contributed by atoms with Gasteiger partial charge >= 0.3 is 0 Å². The first-order chi connectivity index (χ1) is 16.0. The summed E-state index contributed by atoms with van der Waals surface area (Å²) in [6.07, 6.45) is 7.54. The van der Waals surface area contributed by atoms with Crippen LogP contribution in [0.25, 0.3) is 11.0 Å². The summed E-state index contributed by atoms with van der Waals surface area (Å²) in [6.45, 7) is 0.584. The number of carbonyl (C=O) groups is 4. The van der Waals surface area contributed by atoms with Crippen molar-refractivity contribution in [1.29, 1.82) is 0 Å². The smallest absolute Gasteiger partial charge is 0.287 e. The Kier molecular flexibility index (Phi) is 7.36. The van der Waals surface area contributed by atoms with Crippen molar-refractivity contribution in [3.05, 3.63) is 30.1 Å². The largest absolute Gasteiger partial charge is 0.356 e. The maximum Gasteiger partial charge on any atom is 0.287 e. The number of nitrogens with one attached hydrogen (secondary N) is 4. The monoisotopic (exact) mass is 453 g/mol. The molecule has 2 fully saturated rings. The van der Waals surface area contributed by atoms with Crippen LogP contribution in [0.2, 0.25) is 0 Å². The van der Waals surface area contributed by atoms with E-state index in [0.29, 0.717) is 37.1 Å². The Morgan fingerprint density at radius 1 is 1.09 bits per heavy atom. The van der Waals surface area contributed by atoms with Crippen LogP contribution in [-0.2, 0) is 14.4 Å². The molecule has 2 aromatic rings. The molecule has 33 heavy (non-hydrogen) atoms.